The standard InChI is InChI=1S/C17H24N2O2/c1-5-19(9-8-18(3)4)12-14-11-17(20)21-16-10-13(2)6-7-15(14)16/h6-7,10-11H,5,8-9,12H2,1-4H3. The number of likely N-dealkylation sites (N-methyl/N-ethyl adjacent to an activating group) is 2. The quantitative estimate of drug-likeness (QED) is 0.765. The Morgan fingerprint density at radius 2 is 1.90 bits per heavy atom. The van der Waals surface area contributed by atoms with Crippen molar-refractivity contribution >= 4 is 11.0 Å². The highest BCUT2D eigenvalue weighted by molar-refractivity contribution is 5.80. The van der Waals surface area contributed by atoms with E-state index in [9.17, 15) is 4.79 Å². The van der Waals surface area contributed by atoms with Crippen LogP contribution >= 0.6 is 0 Å². The largest absolute Gasteiger partial charge is 0.423 e. The highest BCUT2D eigenvalue weighted by Gasteiger charge is 2.10. The van der Waals surface area contributed by atoms with Crippen LogP contribution in [0.3, 0.4) is 0 Å². The first-order chi connectivity index (χ1) is 9.99. The van der Waals surface area contributed by atoms with Gasteiger partial charge in [-0.25, -0.2) is 4.79 Å². The van der Waals surface area contributed by atoms with Crippen molar-refractivity contribution < 1.29 is 4.42 Å². The predicted octanol–water partition coefficient (Wildman–Crippen LogP) is 2.48. The molecular formula is C17H24N2O2. The third-order valence-corrected chi connectivity index (χ3v) is 3.69. The van der Waals surface area contributed by atoms with Crippen LogP contribution in [0.25, 0.3) is 11.0 Å². The summed E-state index contributed by atoms with van der Waals surface area (Å²) < 4.78 is 5.31. The molecule has 0 aliphatic heterocycles. The first-order valence-electron chi connectivity index (χ1n) is 7.40. The second-order valence-electron chi connectivity index (χ2n) is 5.76. The van der Waals surface area contributed by atoms with Gasteiger partial charge < -0.3 is 9.32 Å². The number of hydrogen-bond donors (Lipinski definition) is 0. The molecule has 0 fully saturated rings. The summed E-state index contributed by atoms with van der Waals surface area (Å²) >= 11 is 0. The van der Waals surface area contributed by atoms with Gasteiger partial charge in [0, 0.05) is 31.1 Å². The molecule has 0 atom stereocenters. The third kappa shape index (κ3) is 4.16. The maximum Gasteiger partial charge on any atom is 0.336 e. The SMILES string of the molecule is CCN(CCN(C)C)Cc1cc(=O)oc2cc(C)ccc12. The number of nitrogens with zero attached hydrogens (tertiary/aromatic N) is 2. The molecule has 0 spiro atoms. The molecule has 114 valence electrons. The van der Waals surface area contributed by atoms with E-state index < -0.39 is 0 Å². The van der Waals surface area contributed by atoms with E-state index in [4.69, 9.17) is 4.42 Å². The van der Waals surface area contributed by atoms with Gasteiger partial charge in [-0.15, -0.1) is 0 Å². The second kappa shape index (κ2) is 6.87. The average Bonchev–Trinajstić information content (AvgIpc) is 2.42. The molecule has 1 heterocycles. The molecule has 2 aromatic rings. The molecule has 0 radical (unpaired) electrons. The maximum absolute atomic E-state index is 11.8. The van der Waals surface area contributed by atoms with Crippen molar-refractivity contribution in [2.24, 2.45) is 0 Å². The molecule has 2 rings (SSSR count). The van der Waals surface area contributed by atoms with Gasteiger partial charge in [0.2, 0.25) is 0 Å². The molecular weight excluding hydrogens is 264 g/mol. The summed E-state index contributed by atoms with van der Waals surface area (Å²) in [5.41, 5.74) is 2.55. The van der Waals surface area contributed by atoms with E-state index >= 15 is 0 Å². The van der Waals surface area contributed by atoms with Gasteiger partial charge in [-0.3, -0.25) is 4.90 Å². The molecule has 0 saturated heterocycles. The zero-order valence-corrected chi connectivity index (χ0v) is 13.3. The second-order valence-corrected chi connectivity index (χ2v) is 5.76. The van der Waals surface area contributed by atoms with Crippen LogP contribution in [-0.2, 0) is 6.54 Å². The van der Waals surface area contributed by atoms with Gasteiger partial charge >= 0.3 is 5.63 Å². The van der Waals surface area contributed by atoms with Gasteiger partial charge in [-0.2, -0.15) is 0 Å². The fraction of sp³-hybridized carbons (Fsp3) is 0.471. The van der Waals surface area contributed by atoms with Crippen molar-refractivity contribution in [2.45, 2.75) is 20.4 Å². The first-order valence-corrected chi connectivity index (χ1v) is 7.40. The number of aryl methyl sites for hydroxylation is 1. The Morgan fingerprint density at radius 3 is 2.57 bits per heavy atom. The number of hydrogen-bond acceptors (Lipinski definition) is 4. The van der Waals surface area contributed by atoms with E-state index in [1.807, 2.05) is 19.1 Å². The third-order valence-electron chi connectivity index (χ3n) is 3.69. The summed E-state index contributed by atoms with van der Waals surface area (Å²) in [6.45, 7) is 7.87. The van der Waals surface area contributed by atoms with Crippen LogP contribution in [0.4, 0.5) is 0 Å². The Labute approximate surface area is 126 Å². The topological polar surface area (TPSA) is 36.7 Å². The number of fused-ring (bicyclic) bond motifs is 1. The zero-order valence-electron chi connectivity index (χ0n) is 13.3. The molecule has 0 amide bonds. The van der Waals surface area contributed by atoms with Crippen molar-refractivity contribution in [1.29, 1.82) is 0 Å². The Morgan fingerprint density at radius 1 is 1.14 bits per heavy atom. The van der Waals surface area contributed by atoms with Gasteiger partial charge in [-0.05, 0) is 44.8 Å². The van der Waals surface area contributed by atoms with E-state index in [0.717, 1.165) is 42.7 Å². The molecule has 0 bridgehead atoms. The van der Waals surface area contributed by atoms with Gasteiger partial charge in [0.1, 0.15) is 5.58 Å². The summed E-state index contributed by atoms with van der Waals surface area (Å²) in [7, 11) is 4.15. The molecule has 4 nitrogen and oxygen atoms in total. The highest BCUT2D eigenvalue weighted by atomic mass is 16.4. The molecule has 4 heteroatoms. The fourth-order valence-corrected chi connectivity index (χ4v) is 2.40. The van der Waals surface area contributed by atoms with E-state index in [-0.39, 0.29) is 5.63 Å². The van der Waals surface area contributed by atoms with E-state index in [1.165, 1.54) is 0 Å². The van der Waals surface area contributed by atoms with Gasteiger partial charge in [0.25, 0.3) is 0 Å². The van der Waals surface area contributed by atoms with Crippen LogP contribution in [0.5, 0.6) is 0 Å². The molecule has 0 unspecified atom stereocenters. The molecule has 0 aliphatic carbocycles. The Kier molecular flexibility index (Phi) is 5.15. The van der Waals surface area contributed by atoms with Crippen LogP contribution in [0.2, 0.25) is 0 Å². The van der Waals surface area contributed by atoms with Crippen molar-refractivity contribution in [3.8, 4) is 0 Å². The smallest absolute Gasteiger partial charge is 0.336 e. The van der Waals surface area contributed by atoms with Gasteiger partial charge in [0.15, 0.2) is 0 Å². The minimum absolute atomic E-state index is 0.272. The van der Waals surface area contributed by atoms with Crippen LogP contribution in [0, 0.1) is 6.92 Å². The predicted molar refractivity (Wildman–Crippen MR) is 86.7 cm³/mol. The van der Waals surface area contributed by atoms with Gasteiger partial charge in [0.05, 0.1) is 0 Å². The van der Waals surface area contributed by atoms with Crippen molar-refractivity contribution in [3.05, 3.63) is 45.8 Å². The molecule has 0 N–H and O–H groups in total. The van der Waals surface area contributed by atoms with E-state index in [1.54, 1.807) is 6.07 Å². The average molecular weight is 288 g/mol. The summed E-state index contributed by atoms with van der Waals surface area (Å²) in [5.74, 6) is 0. The fourth-order valence-electron chi connectivity index (χ4n) is 2.40. The first kappa shape index (κ1) is 15.7. The monoisotopic (exact) mass is 288 g/mol. The van der Waals surface area contributed by atoms with Crippen LogP contribution in [0.15, 0.2) is 33.5 Å². The van der Waals surface area contributed by atoms with Gasteiger partial charge in [-0.1, -0.05) is 19.1 Å². The minimum atomic E-state index is -0.272. The van der Waals surface area contributed by atoms with Crippen LogP contribution in [0.1, 0.15) is 18.1 Å². The molecule has 21 heavy (non-hydrogen) atoms. The normalized spacial score (nSPS) is 11.7. The summed E-state index contributed by atoms with van der Waals surface area (Å²) in [5, 5.41) is 1.03. The lowest BCUT2D eigenvalue weighted by molar-refractivity contribution is 0.244. The number of rotatable bonds is 6. The lowest BCUT2D eigenvalue weighted by atomic mass is 10.1. The molecule has 0 aliphatic rings. The highest BCUT2D eigenvalue weighted by Crippen LogP contribution is 2.19. The molecule has 1 aromatic carbocycles. The molecule has 0 saturated carbocycles. The maximum atomic E-state index is 11.8. The van der Waals surface area contributed by atoms with Crippen molar-refractivity contribution in [2.75, 3.05) is 33.7 Å². The lowest BCUT2D eigenvalue weighted by Gasteiger charge is -2.23. The lowest BCUT2D eigenvalue weighted by Crippen LogP contribution is -2.31. The van der Waals surface area contributed by atoms with E-state index in [2.05, 4.69) is 36.9 Å². The minimum Gasteiger partial charge on any atom is -0.423 e. The zero-order chi connectivity index (χ0) is 15.4. The summed E-state index contributed by atoms with van der Waals surface area (Å²) in [4.78, 5) is 16.3. The van der Waals surface area contributed by atoms with Crippen molar-refractivity contribution in [1.82, 2.24) is 9.80 Å². The van der Waals surface area contributed by atoms with Crippen LogP contribution < -0.4 is 5.63 Å². The number of benzene rings is 1. The van der Waals surface area contributed by atoms with Crippen molar-refractivity contribution in [3.63, 3.8) is 0 Å². The van der Waals surface area contributed by atoms with Crippen LogP contribution in [-0.4, -0.2) is 43.5 Å². The molecule has 1 aromatic heterocycles. The Balaban J connectivity index is 2.30. The van der Waals surface area contributed by atoms with E-state index in [0.29, 0.717) is 5.58 Å². The Hall–Kier alpha value is -1.65. The Bertz CT molecular complexity index is 661. The summed E-state index contributed by atoms with van der Waals surface area (Å²) in [6, 6.07) is 7.65. The summed E-state index contributed by atoms with van der Waals surface area (Å²) in [6.07, 6.45) is 0.